The Hall–Kier alpha value is -5.02. The van der Waals surface area contributed by atoms with E-state index < -0.39 is 43.5 Å². The number of aryl methyl sites for hydroxylation is 1. The average molecular weight is 760 g/mol. The van der Waals surface area contributed by atoms with E-state index in [0.29, 0.717) is 35.0 Å². The standard InChI is InChI=1S/C35H37F3N6O6S2/c1-3-41-29-12-10-27(35(36,37)38)24-31(29)42(19-6-22-51(45,46)47)33(41)14-8-26(2)9-15-34-43(20-7-23-52(48,49)50)32-25-28(40-17-4-5-18-40)11-13-30(32)44(34)21-16-39/h4-5,8-15,17-18,24-25H,3,6-7,19-20,22-23,39H2,1-2H3,(H-,45,46,47,48,49,50)/p+1. The summed E-state index contributed by atoms with van der Waals surface area (Å²) in [6, 6.07) is 18.2. The first-order valence-electron chi connectivity index (χ1n) is 16.2. The molecule has 2 aromatic heterocycles. The summed E-state index contributed by atoms with van der Waals surface area (Å²) in [6.07, 6.45) is 6.29. The van der Waals surface area contributed by atoms with Crippen molar-refractivity contribution in [3.8, 4) is 17.8 Å². The fourth-order valence-corrected chi connectivity index (χ4v) is 7.08. The summed E-state index contributed by atoms with van der Waals surface area (Å²) < 4.78 is 111. The van der Waals surface area contributed by atoms with Gasteiger partial charge in [-0.3, -0.25) is 9.11 Å². The molecule has 4 N–H and O–H groups in total. The SMILES string of the molecule is CCN1\C(=C/C=C(C)/C=C/c2n(CCCS(=O)(=O)O)c3cc(-n4cccc4)ccc3[n+]2C#CN)N(CCCS(=O)(=O)O)c2cc(C(F)(F)F)ccc21. The van der Waals surface area contributed by atoms with Gasteiger partial charge in [0.2, 0.25) is 0 Å². The highest BCUT2D eigenvalue weighted by atomic mass is 32.2. The van der Waals surface area contributed by atoms with Crippen molar-refractivity contribution in [2.24, 2.45) is 5.73 Å². The molecule has 0 atom stereocenters. The minimum absolute atomic E-state index is 0.0194. The van der Waals surface area contributed by atoms with Gasteiger partial charge in [0.05, 0.1) is 41.0 Å². The Labute approximate surface area is 300 Å². The molecule has 0 saturated carbocycles. The Bertz CT molecular complexity index is 2340. The summed E-state index contributed by atoms with van der Waals surface area (Å²) in [6.45, 7) is 4.27. The van der Waals surface area contributed by atoms with Crippen molar-refractivity contribution in [1.82, 2.24) is 9.13 Å². The van der Waals surface area contributed by atoms with E-state index in [1.165, 1.54) is 6.07 Å². The maximum Gasteiger partial charge on any atom is 0.416 e. The van der Waals surface area contributed by atoms with Gasteiger partial charge in [-0.05, 0) is 68.8 Å². The predicted octanol–water partition coefficient (Wildman–Crippen LogP) is 5.17. The van der Waals surface area contributed by atoms with Crippen LogP contribution < -0.4 is 20.1 Å². The van der Waals surface area contributed by atoms with Crippen LogP contribution in [0.1, 0.15) is 38.1 Å². The van der Waals surface area contributed by atoms with Crippen molar-refractivity contribution in [3.05, 3.63) is 102 Å². The minimum atomic E-state index is -4.59. The van der Waals surface area contributed by atoms with Gasteiger partial charge in [-0.15, -0.1) is 4.57 Å². The van der Waals surface area contributed by atoms with E-state index >= 15 is 0 Å². The second-order valence-corrected chi connectivity index (χ2v) is 15.2. The zero-order chi connectivity index (χ0) is 37.8. The van der Waals surface area contributed by atoms with E-state index in [2.05, 4.69) is 12.1 Å². The molecule has 0 radical (unpaired) electrons. The van der Waals surface area contributed by atoms with Crippen molar-refractivity contribution >= 4 is 48.7 Å². The monoisotopic (exact) mass is 759 g/mol. The molecule has 17 heteroatoms. The summed E-state index contributed by atoms with van der Waals surface area (Å²) in [5.74, 6) is 0.0548. The molecule has 0 aliphatic carbocycles. The van der Waals surface area contributed by atoms with Crippen molar-refractivity contribution in [3.63, 3.8) is 0 Å². The number of halogens is 3. The second-order valence-electron chi connectivity index (χ2n) is 12.0. The Morgan fingerprint density at radius 2 is 1.62 bits per heavy atom. The molecular weight excluding hydrogens is 722 g/mol. The number of nitrogens with two attached hydrogens (primary N) is 1. The molecule has 0 saturated heterocycles. The number of hydrogen-bond donors (Lipinski definition) is 3. The van der Waals surface area contributed by atoms with E-state index in [4.69, 9.17) is 5.73 Å². The van der Waals surface area contributed by atoms with Crippen LogP contribution in [0.4, 0.5) is 24.5 Å². The minimum Gasteiger partial charge on any atom is -0.356 e. The lowest BCUT2D eigenvalue weighted by molar-refractivity contribution is -0.558. The van der Waals surface area contributed by atoms with Crippen molar-refractivity contribution in [2.75, 3.05) is 34.4 Å². The fourth-order valence-electron chi connectivity index (χ4n) is 6.10. The molecular formula is C35H38F3N6O6S2+. The molecule has 1 aliphatic rings. The van der Waals surface area contributed by atoms with Crippen LogP contribution in [0.3, 0.4) is 0 Å². The molecule has 4 aromatic rings. The lowest BCUT2D eigenvalue weighted by atomic mass is 10.1. The van der Waals surface area contributed by atoms with Gasteiger partial charge in [0, 0.05) is 49.7 Å². The third kappa shape index (κ3) is 8.88. The highest BCUT2D eigenvalue weighted by Gasteiger charge is 2.36. The summed E-state index contributed by atoms with van der Waals surface area (Å²) in [5.41, 5.74) is 8.58. The largest absolute Gasteiger partial charge is 0.416 e. The molecule has 12 nitrogen and oxygen atoms in total. The molecule has 2 aromatic carbocycles. The number of alkyl halides is 3. The smallest absolute Gasteiger partial charge is 0.356 e. The van der Waals surface area contributed by atoms with E-state index in [1.807, 2.05) is 70.6 Å². The topological polar surface area (TPSA) is 155 Å². The van der Waals surface area contributed by atoms with E-state index in [1.54, 1.807) is 33.8 Å². The highest BCUT2D eigenvalue weighted by molar-refractivity contribution is 7.86. The van der Waals surface area contributed by atoms with Crippen molar-refractivity contribution < 1.29 is 43.7 Å². The number of anilines is 2. The average Bonchev–Trinajstić information content (AvgIpc) is 3.77. The first kappa shape index (κ1) is 38.2. The Balaban J connectivity index is 1.56. The fraction of sp³-hybridized carbons (Fsp3) is 0.286. The predicted molar refractivity (Wildman–Crippen MR) is 194 cm³/mol. The van der Waals surface area contributed by atoms with E-state index in [0.717, 1.165) is 23.3 Å². The summed E-state index contributed by atoms with van der Waals surface area (Å²) in [5, 5.41) is 0. The number of fused-ring (bicyclic) bond motifs is 2. The Morgan fingerprint density at radius 1 is 0.942 bits per heavy atom. The number of aromatic nitrogens is 3. The van der Waals surface area contributed by atoms with Gasteiger partial charge in [0.25, 0.3) is 26.1 Å². The van der Waals surface area contributed by atoms with Gasteiger partial charge in [-0.25, -0.2) is 4.57 Å². The van der Waals surface area contributed by atoms with Crippen LogP contribution in [0, 0.1) is 12.1 Å². The molecule has 0 fully saturated rings. The van der Waals surface area contributed by atoms with Gasteiger partial charge < -0.3 is 20.1 Å². The zero-order valence-electron chi connectivity index (χ0n) is 28.3. The van der Waals surface area contributed by atoms with Crippen molar-refractivity contribution in [1.29, 1.82) is 0 Å². The summed E-state index contributed by atoms with van der Waals surface area (Å²) in [7, 11) is -8.51. The molecule has 3 heterocycles. The maximum atomic E-state index is 13.7. The molecule has 5 rings (SSSR count). The molecule has 0 amide bonds. The number of hydrogen-bond acceptors (Lipinski definition) is 7. The van der Waals surface area contributed by atoms with Crippen LogP contribution in [0.25, 0.3) is 22.8 Å². The Kier molecular flexibility index (Phi) is 11.2. The first-order chi connectivity index (χ1) is 24.5. The van der Waals surface area contributed by atoms with Crippen LogP contribution >= 0.6 is 0 Å². The van der Waals surface area contributed by atoms with Crippen LogP contribution in [-0.4, -0.2) is 59.7 Å². The number of nitrogens with zero attached hydrogens (tertiary/aromatic N) is 5. The number of rotatable bonds is 13. The van der Waals surface area contributed by atoms with Crippen LogP contribution in [0.2, 0.25) is 0 Å². The molecule has 0 spiro atoms. The lowest BCUT2D eigenvalue weighted by Crippen LogP contribution is -2.32. The normalized spacial score (nSPS) is 14.8. The maximum absolute atomic E-state index is 13.7. The van der Waals surface area contributed by atoms with Gasteiger partial charge >= 0.3 is 6.18 Å². The van der Waals surface area contributed by atoms with Gasteiger partial charge in [0.15, 0.2) is 11.0 Å². The third-order valence-electron chi connectivity index (χ3n) is 8.39. The van der Waals surface area contributed by atoms with Crippen LogP contribution in [0.15, 0.2) is 90.5 Å². The van der Waals surface area contributed by atoms with E-state index in [9.17, 15) is 39.1 Å². The van der Waals surface area contributed by atoms with Gasteiger partial charge in [-0.1, -0.05) is 17.7 Å². The van der Waals surface area contributed by atoms with Gasteiger partial charge in [0.1, 0.15) is 11.9 Å². The van der Waals surface area contributed by atoms with Crippen molar-refractivity contribution in [2.45, 2.75) is 39.4 Å². The quantitative estimate of drug-likeness (QED) is 0.0551. The molecule has 0 unspecified atom stereocenters. The summed E-state index contributed by atoms with van der Waals surface area (Å²) in [4.78, 5) is 3.42. The molecule has 1 aliphatic heterocycles. The van der Waals surface area contributed by atoms with Crippen LogP contribution in [-0.2, 0) is 33.0 Å². The zero-order valence-corrected chi connectivity index (χ0v) is 30.0. The second kappa shape index (κ2) is 15.3. The highest BCUT2D eigenvalue weighted by Crippen LogP contribution is 2.44. The molecule has 0 bridgehead atoms. The first-order valence-corrected chi connectivity index (χ1v) is 19.4. The van der Waals surface area contributed by atoms with Gasteiger partial charge in [-0.2, -0.15) is 30.0 Å². The molecule has 276 valence electrons. The number of allylic oxidation sites excluding steroid dienone is 4. The number of imidazole rings is 1. The lowest BCUT2D eigenvalue weighted by Gasteiger charge is -2.24. The Morgan fingerprint density at radius 3 is 2.23 bits per heavy atom. The van der Waals surface area contributed by atoms with Crippen LogP contribution in [0.5, 0.6) is 0 Å². The molecule has 52 heavy (non-hydrogen) atoms. The summed E-state index contributed by atoms with van der Waals surface area (Å²) >= 11 is 0. The third-order valence-corrected chi connectivity index (χ3v) is 10.00. The number of benzene rings is 2. The van der Waals surface area contributed by atoms with E-state index in [-0.39, 0.29) is 31.6 Å².